The molecule has 0 aliphatic carbocycles. The molecule has 33 heavy (non-hydrogen) atoms. The van der Waals surface area contributed by atoms with Crippen LogP contribution in [0.1, 0.15) is 47.3 Å². The van der Waals surface area contributed by atoms with Crippen LogP contribution in [-0.4, -0.2) is 36.4 Å². The predicted molar refractivity (Wildman–Crippen MR) is 128 cm³/mol. The van der Waals surface area contributed by atoms with Gasteiger partial charge in [0.1, 0.15) is 16.7 Å². The van der Waals surface area contributed by atoms with Crippen LogP contribution >= 0.6 is 11.3 Å². The molecule has 0 amide bonds. The van der Waals surface area contributed by atoms with E-state index in [9.17, 15) is 18.3 Å². The number of hydrogen-bond donors (Lipinski definition) is 1. The number of carboxylic acid groups (broad SMARTS) is 1. The minimum absolute atomic E-state index is 0.0237. The van der Waals surface area contributed by atoms with Crippen LogP contribution in [0, 0.1) is 6.92 Å². The predicted octanol–water partition coefficient (Wildman–Crippen LogP) is 5.03. The van der Waals surface area contributed by atoms with Crippen LogP contribution in [-0.2, 0) is 21.4 Å². The zero-order valence-corrected chi connectivity index (χ0v) is 20.2. The first-order valence-electron chi connectivity index (χ1n) is 10.9. The van der Waals surface area contributed by atoms with Crippen molar-refractivity contribution in [2.75, 3.05) is 6.54 Å². The van der Waals surface area contributed by atoms with E-state index < -0.39 is 16.0 Å². The summed E-state index contributed by atoms with van der Waals surface area (Å²) in [4.78, 5) is 12.7. The van der Waals surface area contributed by atoms with Crippen molar-refractivity contribution >= 4 is 27.3 Å². The Labute approximate surface area is 198 Å². The Morgan fingerprint density at radius 2 is 2.00 bits per heavy atom. The number of hydrogen-bond acceptors (Lipinski definition) is 5. The molecular weight excluding hydrogens is 458 g/mol. The molecule has 2 heterocycles. The largest absolute Gasteiger partial charge is 0.488 e. The van der Waals surface area contributed by atoms with E-state index in [0.29, 0.717) is 12.2 Å². The normalized spacial score (nSPS) is 18.7. The van der Waals surface area contributed by atoms with Gasteiger partial charge in [-0.2, -0.15) is 4.31 Å². The Bertz CT molecular complexity index is 1240. The van der Waals surface area contributed by atoms with Crippen molar-refractivity contribution in [3.05, 3.63) is 81.5 Å². The summed E-state index contributed by atoms with van der Waals surface area (Å²) < 4.78 is 34.5. The number of fused-ring (bicyclic) bond motifs is 1. The highest BCUT2D eigenvalue weighted by molar-refractivity contribution is 7.89. The molecule has 0 saturated carbocycles. The lowest BCUT2D eigenvalue weighted by Gasteiger charge is -2.24. The van der Waals surface area contributed by atoms with Gasteiger partial charge in [-0.3, -0.25) is 4.79 Å². The van der Waals surface area contributed by atoms with Crippen molar-refractivity contribution in [2.45, 2.75) is 50.2 Å². The Hall–Kier alpha value is -2.68. The highest BCUT2D eigenvalue weighted by Crippen LogP contribution is 2.35. The SMILES string of the molecule is CC[C@@H]1CN(Cc2cc(C(CC(=O)O)c3cccs3)ccc2C)S(=O)(=O)c2ccccc2O1. The zero-order valence-electron chi connectivity index (χ0n) is 18.6. The molecule has 174 valence electrons. The maximum Gasteiger partial charge on any atom is 0.304 e. The molecule has 1 aromatic heterocycles. The van der Waals surface area contributed by atoms with Crippen LogP contribution in [0.3, 0.4) is 0 Å². The van der Waals surface area contributed by atoms with E-state index in [1.807, 2.05) is 49.6 Å². The number of aryl methyl sites for hydroxylation is 1. The third-order valence-corrected chi connectivity index (χ3v) is 8.85. The van der Waals surface area contributed by atoms with Crippen molar-refractivity contribution in [1.82, 2.24) is 4.31 Å². The lowest BCUT2D eigenvalue weighted by molar-refractivity contribution is -0.137. The molecule has 0 fully saturated rings. The Kier molecular flexibility index (Phi) is 6.88. The van der Waals surface area contributed by atoms with Gasteiger partial charge in [-0.1, -0.05) is 43.3 Å². The summed E-state index contributed by atoms with van der Waals surface area (Å²) in [7, 11) is -3.76. The molecule has 0 spiro atoms. The standard InChI is InChI=1S/C25H27NO5S2/c1-3-20-16-26(33(29,30)24-9-5-4-7-22(24)31-20)15-19-13-18(11-10-17(19)2)21(14-25(27)28)23-8-6-12-32-23/h4-13,20-21H,3,14-16H2,1-2H3,(H,27,28)/t20-,21?/m1/s1. The van der Waals surface area contributed by atoms with Gasteiger partial charge >= 0.3 is 5.97 Å². The van der Waals surface area contributed by atoms with E-state index >= 15 is 0 Å². The average Bonchev–Trinajstić information content (AvgIpc) is 3.29. The minimum atomic E-state index is -3.76. The van der Waals surface area contributed by atoms with Crippen LogP contribution in [0.4, 0.5) is 0 Å². The summed E-state index contributed by atoms with van der Waals surface area (Å²) in [6, 6.07) is 16.5. The number of para-hydroxylation sites is 1. The van der Waals surface area contributed by atoms with Gasteiger partial charge in [-0.15, -0.1) is 11.3 Å². The first-order valence-corrected chi connectivity index (χ1v) is 13.2. The highest BCUT2D eigenvalue weighted by Gasteiger charge is 2.34. The van der Waals surface area contributed by atoms with Crippen LogP contribution < -0.4 is 4.74 Å². The molecule has 2 aromatic carbocycles. The summed E-state index contributed by atoms with van der Waals surface area (Å²) >= 11 is 1.53. The highest BCUT2D eigenvalue weighted by atomic mass is 32.2. The van der Waals surface area contributed by atoms with E-state index in [2.05, 4.69) is 0 Å². The van der Waals surface area contributed by atoms with Gasteiger partial charge in [0.25, 0.3) is 0 Å². The molecule has 1 aliphatic heterocycles. The summed E-state index contributed by atoms with van der Waals surface area (Å²) in [5.41, 5.74) is 2.69. The second-order valence-corrected chi connectivity index (χ2v) is 11.1. The molecule has 6 nitrogen and oxygen atoms in total. The number of benzene rings is 2. The monoisotopic (exact) mass is 485 g/mol. The minimum Gasteiger partial charge on any atom is -0.488 e. The number of rotatable bonds is 7. The smallest absolute Gasteiger partial charge is 0.304 e. The van der Waals surface area contributed by atoms with Gasteiger partial charge in [-0.05, 0) is 53.6 Å². The fourth-order valence-electron chi connectivity index (χ4n) is 4.12. The van der Waals surface area contributed by atoms with Crippen molar-refractivity contribution in [3.8, 4) is 5.75 Å². The van der Waals surface area contributed by atoms with E-state index in [4.69, 9.17) is 4.74 Å². The number of sulfonamides is 1. The first-order chi connectivity index (χ1) is 15.8. The summed E-state index contributed by atoms with van der Waals surface area (Å²) in [5.74, 6) is -0.767. The fraction of sp³-hybridized carbons (Fsp3) is 0.320. The first kappa shape index (κ1) is 23.5. The average molecular weight is 486 g/mol. The van der Waals surface area contributed by atoms with Gasteiger partial charge in [0.15, 0.2) is 0 Å². The van der Waals surface area contributed by atoms with Crippen molar-refractivity contribution in [2.24, 2.45) is 0 Å². The number of ether oxygens (including phenoxy) is 1. The molecule has 8 heteroatoms. The second kappa shape index (κ2) is 9.67. The molecule has 0 bridgehead atoms. The number of carboxylic acids is 1. The summed E-state index contributed by atoms with van der Waals surface area (Å²) in [6.07, 6.45) is 0.403. The maximum absolute atomic E-state index is 13.5. The number of thiophene rings is 1. The molecule has 1 unspecified atom stereocenters. The van der Waals surface area contributed by atoms with Gasteiger partial charge < -0.3 is 9.84 Å². The molecule has 2 atom stereocenters. The van der Waals surface area contributed by atoms with E-state index in [-0.39, 0.29) is 36.4 Å². The lowest BCUT2D eigenvalue weighted by atomic mass is 9.91. The van der Waals surface area contributed by atoms with E-state index in [1.165, 1.54) is 15.6 Å². The van der Waals surface area contributed by atoms with Crippen LogP contribution in [0.15, 0.2) is 64.9 Å². The third kappa shape index (κ3) is 4.98. The molecule has 0 radical (unpaired) electrons. The quantitative estimate of drug-likeness (QED) is 0.508. The Morgan fingerprint density at radius 1 is 1.21 bits per heavy atom. The molecule has 1 aliphatic rings. The van der Waals surface area contributed by atoms with Crippen LogP contribution in [0.2, 0.25) is 0 Å². The number of aliphatic carboxylic acids is 1. The Morgan fingerprint density at radius 3 is 2.70 bits per heavy atom. The van der Waals surface area contributed by atoms with Crippen LogP contribution in [0.5, 0.6) is 5.75 Å². The third-order valence-electron chi connectivity index (χ3n) is 6.01. The van der Waals surface area contributed by atoms with Gasteiger partial charge in [0.05, 0.1) is 13.0 Å². The summed E-state index contributed by atoms with van der Waals surface area (Å²) in [6.45, 7) is 4.37. The number of carbonyl (C=O) groups is 1. The number of nitrogens with zero attached hydrogens (tertiary/aromatic N) is 1. The van der Waals surface area contributed by atoms with Crippen molar-refractivity contribution in [3.63, 3.8) is 0 Å². The molecule has 3 aromatic rings. The topological polar surface area (TPSA) is 83.9 Å². The van der Waals surface area contributed by atoms with Crippen LogP contribution in [0.25, 0.3) is 0 Å². The molecule has 0 saturated heterocycles. The maximum atomic E-state index is 13.5. The van der Waals surface area contributed by atoms with Crippen molar-refractivity contribution in [1.29, 1.82) is 0 Å². The van der Waals surface area contributed by atoms with Gasteiger partial charge in [0.2, 0.25) is 10.0 Å². The van der Waals surface area contributed by atoms with Crippen molar-refractivity contribution < 1.29 is 23.1 Å². The second-order valence-electron chi connectivity index (χ2n) is 8.24. The molecule has 1 N–H and O–H groups in total. The van der Waals surface area contributed by atoms with Gasteiger partial charge in [-0.25, -0.2) is 8.42 Å². The molecular formula is C25H27NO5S2. The molecule has 4 rings (SSSR count). The van der Waals surface area contributed by atoms with E-state index in [1.54, 1.807) is 24.3 Å². The fourth-order valence-corrected chi connectivity index (χ4v) is 6.54. The van der Waals surface area contributed by atoms with E-state index in [0.717, 1.165) is 21.6 Å². The lowest BCUT2D eigenvalue weighted by Crippen LogP contribution is -2.36. The van der Waals surface area contributed by atoms with Gasteiger partial charge in [0, 0.05) is 17.3 Å². The summed E-state index contributed by atoms with van der Waals surface area (Å²) in [5, 5.41) is 11.4. The Balaban J connectivity index is 1.72. The zero-order chi connectivity index (χ0) is 23.6.